The lowest BCUT2D eigenvalue weighted by Crippen LogP contribution is -2.05. The van der Waals surface area contributed by atoms with E-state index in [0.717, 1.165) is 5.56 Å². The van der Waals surface area contributed by atoms with Crippen LogP contribution in [0.15, 0.2) is 18.2 Å². The monoisotopic (exact) mass is 180 g/mol. The summed E-state index contributed by atoms with van der Waals surface area (Å²) in [5.74, 6) is 0. The van der Waals surface area contributed by atoms with Gasteiger partial charge in [-0.25, -0.2) is 0 Å². The zero-order chi connectivity index (χ0) is 9.84. The number of hydrogen-bond donors (Lipinski definition) is 0. The molecule has 1 aromatic carbocycles. The van der Waals surface area contributed by atoms with Gasteiger partial charge in [0.1, 0.15) is 0 Å². The second kappa shape index (κ2) is 4.40. The number of aryl methyl sites for hydroxylation is 2. The summed E-state index contributed by atoms with van der Waals surface area (Å²) in [7, 11) is 3.30. The summed E-state index contributed by atoms with van der Waals surface area (Å²) in [4.78, 5) is 0. The molecule has 0 atom stereocenters. The van der Waals surface area contributed by atoms with Gasteiger partial charge in [0.05, 0.1) is 0 Å². The zero-order valence-corrected chi connectivity index (χ0v) is 8.63. The number of methoxy groups -OCH3 is 2. The molecule has 2 heteroatoms. The molecule has 0 fully saturated rings. The molecular formula is C11H16O2. The number of benzene rings is 1. The highest BCUT2D eigenvalue weighted by Crippen LogP contribution is 2.22. The Labute approximate surface area is 79.5 Å². The first kappa shape index (κ1) is 10.2. The Balaban J connectivity index is 3.03. The third kappa shape index (κ3) is 2.29. The Morgan fingerprint density at radius 1 is 1.08 bits per heavy atom. The topological polar surface area (TPSA) is 18.5 Å². The summed E-state index contributed by atoms with van der Waals surface area (Å²) >= 11 is 0. The van der Waals surface area contributed by atoms with E-state index in [1.54, 1.807) is 14.2 Å². The van der Waals surface area contributed by atoms with Gasteiger partial charge < -0.3 is 9.47 Å². The zero-order valence-electron chi connectivity index (χ0n) is 8.63. The summed E-state index contributed by atoms with van der Waals surface area (Å²) in [5, 5.41) is 0. The normalized spacial score (nSPS) is 10.8. The Morgan fingerprint density at radius 3 is 2.23 bits per heavy atom. The van der Waals surface area contributed by atoms with Crippen LogP contribution in [0.3, 0.4) is 0 Å². The van der Waals surface area contributed by atoms with Crippen LogP contribution in [0.25, 0.3) is 0 Å². The maximum atomic E-state index is 5.20. The van der Waals surface area contributed by atoms with E-state index in [-0.39, 0.29) is 6.29 Å². The van der Waals surface area contributed by atoms with Gasteiger partial charge in [-0.1, -0.05) is 23.8 Å². The Kier molecular flexibility index (Phi) is 3.46. The standard InChI is InChI=1S/C11H16O2/c1-8-5-6-9(2)10(7-8)11(12-3)13-4/h5-7,11H,1-4H3. The van der Waals surface area contributed by atoms with Crippen molar-refractivity contribution in [3.05, 3.63) is 34.9 Å². The van der Waals surface area contributed by atoms with E-state index >= 15 is 0 Å². The lowest BCUT2D eigenvalue weighted by atomic mass is 10.1. The SMILES string of the molecule is COC(OC)c1cc(C)ccc1C. The number of rotatable bonds is 3. The molecule has 0 bridgehead atoms. The minimum absolute atomic E-state index is 0.250. The Bertz CT molecular complexity index is 277. The molecule has 0 aromatic heterocycles. The molecule has 1 rings (SSSR count). The molecular weight excluding hydrogens is 164 g/mol. The summed E-state index contributed by atoms with van der Waals surface area (Å²) in [6.07, 6.45) is -0.250. The molecule has 0 aliphatic carbocycles. The first-order valence-electron chi connectivity index (χ1n) is 4.31. The van der Waals surface area contributed by atoms with Crippen molar-refractivity contribution in [2.45, 2.75) is 20.1 Å². The van der Waals surface area contributed by atoms with E-state index in [9.17, 15) is 0 Å². The summed E-state index contributed by atoms with van der Waals surface area (Å²) < 4.78 is 10.4. The van der Waals surface area contributed by atoms with Crippen molar-refractivity contribution in [3.63, 3.8) is 0 Å². The van der Waals surface area contributed by atoms with E-state index in [1.165, 1.54) is 11.1 Å². The summed E-state index contributed by atoms with van der Waals surface area (Å²) in [6, 6.07) is 6.25. The fourth-order valence-corrected chi connectivity index (χ4v) is 1.36. The molecule has 0 unspecified atom stereocenters. The molecule has 1 aromatic rings. The van der Waals surface area contributed by atoms with Gasteiger partial charge in [-0.3, -0.25) is 0 Å². The number of hydrogen-bond acceptors (Lipinski definition) is 2. The molecule has 0 spiro atoms. The summed E-state index contributed by atoms with van der Waals surface area (Å²) in [5.41, 5.74) is 3.52. The average Bonchev–Trinajstić information content (AvgIpc) is 2.13. The lowest BCUT2D eigenvalue weighted by molar-refractivity contribution is -0.106. The highest BCUT2D eigenvalue weighted by Gasteiger charge is 2.11. The summed E-state index contributed by atoms with van der Waals surface area (Å²) in [6.45, 7) is 4.12. The van der Waals surface area contributed by atoms with Crippen molar-refractivity contribution in [1.82, 2.24) is 0 Å². The molecule has 13 heavy (non-hydrogen) atoms. The fraction of sp³-hybridized carbons (Fsp3) is 0.455. The maximum absolute atomic E-state index is 5.20. The van der Waals surface area contributed by atoms with Gasteiger partial charge in [-0.2, -0.15) is 0 Å². The first-order chi connectivity index (χ1) is 6.19. The third-order valence-corrected chi connectivity index (χ3v) is 2.12. The van der Waals surface area contributed by atoms with Crippen LogP contribution in [0.2, 0.25) is 0 Å². The van der Waals surface area contributed by atoms with E-state index < -0.39 is 0 Å². The van der Waals surface area contributed by atoms with Crippen molar-refractivity contribution in [2.75, 3.05) is 14.2 Å². The van der Waals surface area contributed by atoms with Crippen LogP contribution >= 0.6 is 0 Å². The highest BCUT2D eigenvalue weighted by molar-refractivity contribution is 5.31. The van der Waals surface area contributed by atoms with Crippen LogP contribution in [0.1, 0.15) is 23.0 Å². The Morgan fingerprint density at radius 2 is 1.69 bits per heavy atom. The van der Waals surface area contributed by atoms with E-state index in [0.29, 0.717) is 0 Å². The van der Waals surface area contributed by atoms with Crippen molar-refractivity contribution in [3.8, 4) is 0 Å². The van der Waals surface area contributed by atoms with Crippen LogP contribution in [0.4, 0.5) is 0 Å². The molecule has 0 saturated carbocycles. The molecule has 0 heterocycles. The third-order valence-electron chi connectivity index (χ3n) is 2.12. The van der Waals surface area contributed by atoms with Crippen LogP contribution < -0.4 is 0 Å². The maximum Gasteiger partial charge on any atom is 0.183 e. The van der Waals surface area contributed by atoms with E-state index in [2.05, 4.69) is 32.0 Å². The van der Waals surface area contributed by atoms with Crippen LogP contribution in [-0.2, 0) is 9.47 Å². The molecule has 72 valence electrons. The molecule has 0 radical (unpaired) electrons. The van der Waals surface area contributed by atoms with Crippen molar-refractivity contribution < 1.29 is 9.47 Å². The number of ether oxygens (including phenoxy) is 2. The molecule has 0 aliphatic rings. The lowest BCUT2D eigenvalue weighted by Gasteiger charge is -2.16. The van der Waals surface area contributed by atoms with Gasteiger partial charge in [0.15, 0.2) is 6.29 Å². The quantitative estimate of drug-likeness (QED) is 0.666. The van der Waals surface area contributed by atoms with Gasteiger partial charge in [-0.15, -0.1) is 0 Å². The highest BCUT2D eigenvalue weighted by atomic mass is 16.7. The second-order valence-electron chi connectivity index (χ2n) is 3.16. The predicted octanol–water partition coefficient (Wildman–Crippen LogP) is 2.59. The molecule has 0 saturated heterocycles. The van der Waals surface area contributed by atoms with Gasteiger partial charge in [0.2, 0.25) is 0 Å². The smallest absolute Gasteiger partial charge is 0.183 e. The fourth-order valence-electron chi connectivity index (χ4n) is 1.36. The average molecular weight is 180 g/mol. The minimum atomic E-state index is -0.250. The second-order valence-corrected chi connectivity index (χ2v) is 3.16. The van der Waals surface area contributed by atoms with Crippen molar-refractivity contribution >= 4 is 0 Å². The van der Waals surface area contributed by atoms with E-state index in [1.807, 2.05) is 0 Å². The Hall–Kier alpha value is -0.860. The van der Waals surface area contributed by atoms with Gasteiger partial charge >= 0.3 is 0 Å². The minimum Gasteiger partial charge on any atom is -0.352 e. The van der Waals surface area contributed by atoms with Crippen LogP contribution in [0, 0.1) is 13.8 Å². The molecule has 0 N–H and O–H groups in total. The first-order valence-corrected chi connectivity index (χ1v) is 4.31. The van der Waals surface area contributed by atoms with E-state index in [4.69, 9.17) is 9.47 Å². The van der Waals surface area contributed by atoms with Gasteiger partial charge in [-0.05, 0) is 19.4 Å². The van der Waals surface area contributed by atoms with Crippen LogP contribution in [-0.4, -0.2) is 14.2 Å². The van der Waals surface area contributed by atoms with Crippen LogP contribution in [0.5, 0.6) is 0 Å². The molecule has 0 amide bonds. The predicted molar refractivity (Wildman–Crippen MR) is 52.7 cm³/mol. The molecule has 0 aliphatic heterocycles. The van der Waals surface area contributed by atoms with Crippen molar-refractivity contribution in [1.29, 1.82) is 0 Å². The van der Waals surface area contributed by atoms with Crippen molar-refractivity contribution in [2.24, 2.45) is 0 Å². The molecule has 2 nitrogen and oxygen atoms in total. The van der Waals surface area contributed by atoms with Gasteiger partial charge in [0, 0.05) is 19.8 Å². The largest absolute Gasteiger partial charge is 0.352 e. The van der Waals surface area contributed by atoms with Gasteiger partial charge in [0.25, 0.3) is 0 Å².